The number of oxime groups is 1. The summed E-state index contributed by atoms with van der Waals surface area (Å²) in [6.07, 6.45) is 0.193. The topological polar surface area (TPSA) is 50.9 Å². The van der Waals surface area contributed by atoms with Gasteiger partial charge in [-0.05, 0) is 44.5 Å². The molecule has 0 aliphatic carbocycles. The van der Waals surface area contributed by atoms with Gasteiger partial charge in [-0.2, -0.15) is 13.2 Å². The van der Waals surface area contributed by atoms with Gasteiger partial charge in [0.15, 0.2) is 5.84 Å². The fraction of sp³-hybridized carbons (Fsp3) is 0.562. The zero-order valence-corrected chi connectivity index (χ0v) is 13.0. The van der Waals surface area contributed by atoms with E-state index in [1.807, 2.05) is 0 Å². The molecule has 2 N–H and O–H groups in total. The predicted octanol–water partition coefficient (Wildman–Crippen LogP) is 3.22. The standard InChI is InChI=1S/C16H22F3N3O/c17-16(18,19)14-7-4-6-13(12-14)15(20)21-23-11-5-10-22-8-2-1-3-9-22/h4,6-7,12H,1-3,5,8-11H2,(H2,20,21). The summed E-state index contributed by atoms with van der Waals surface area (Å²) in [6.45, 7) is 3.58. The molecule has 128 valence electrons. The Labute approximate surface area is 134 Å². The summed E-state index contributed by atoms with van der Waals surface area (Å²) in [6, 6.07) is 4.74. The molecule has 0 saturated carbocycles. The number of amidine groups is 1. The van der Waals surface area contributed by atoms with Crippen LogP contribution in [0.2, 0.25) is 0 Å². The molecule has 0 spiro atoms. The third-order valence-electron chi connectivity index (χ3n) is 3.81. The van der Waals surface area contributed by atoms with Crippen LogP contribution in [0.25, 0.3) is 0 Å². The van der Waals surface area contributed by atoms with Crippen molar-refractivity contribution < 1.29 is 18.0 Å². The number of rotatable bonds is 6. The van der Waals surface area contributed by atoms with E-state index in [1.165, 1.54) is 31.4 Å². The fourth-order valence-electron chi connectivity index (χ4n) is 2.56. The van der Waals surface area contributed by atoms with Crippen LogP contribution in [0.3, 0.4) is 0 Å². The van der Waals surface area contributed by atoms with Crippen LogP contribution in [-0.4, -0.2) is 37.0 Å². The normalized spacial score (nSPS) is 17.3. The Hall–Kier alpha value is -1.76. The summed E-state index contributed by atoms with van der Waals surface area (Å²) >= 11 is 0. The third kappa shape index (κ3) is 5.74. The first-order valence-corrected chi connectivity index (χ1v) is 7.82. The smallest absolute Gasteiger partial charge is 0.394 e. The number of nitrogens with two attached hydrogens (primary N) is 1. The van der Waals surface area contributed by atoms with Crippen molar-refractivity contribution in [2.75, 3.05) is 26.2 Å². The van der Waals surface area contributed by atoms with Gasteiger partial charge in [0.2, 0.25) is 0 Å². The van der Waals surface area contributed by atoms with E-state index >= 15 is 0 Å². The Morgan fingerprint density at radius 2 is 1.96 bits per heavy atom. The number of hydrogen-bond acceptors (Lipinski definition) is 3. The molecule has 4 nitrogen and oxygen atoms in total. The molecule has 1 aliphatic heterocycles. The largest absolute Gasteiger partial charge is 0.416 e. The molecular weight excluding hydrogens is 307 g/mol. The lowest BCUT2D eigenvalue weighted by Crippen LogP contribution is -2.31. The van der Waals surface area contributed by atoms with Gasteiger partial charge >= 0.3 is 6.18 Å². The first-order chi connectivity index (χ1) is 11.0. The van der Waals surface area contributed by atoms with Crippen LogP contribution in [0.4, 0.5) is 13.2 Å². The maximum absolute atomic E-state index is 12.6. The second kappa shape index (κ2) is 8.19. The van der Waals surface area contributed by atoms with E-state index in [1.54, 1.807) is 0 Å². The number of likely N-dealkylation sites (tertiary alicyclic amines) is 1. The minimum Gasteiger partial charge on any atom is -0.394 e. The number of benzene rings is 1. The Morgan fingerprint density at radius 3 is 2.65 bits per heavy atom. The molecular formula is C16H22F3N3O. The van der Waals surface area contributed by atoms with Gasteiger partial charge in [0, 0.05) is 12.1 Å². The van der Waals surface area contributed by atoms with E-state index in [2.05, 4.69) is 10.1 Å². The number of hydrogen-bond donors (Lipinski definition) is 1. The zero-order chi connectivity index (χ0) is 16.7. The van der Waals surface area contributed by atoms with E-state index in [4.69, 9.17) is 10.6 Å². The van der Waals surface area contributed by atoms with Crippen molar-refractivity contribution in [1.82, 2.24) is 4.90 Å². The average Bonchev–Trinajstić information content (AvgIpc) is 2.54. The highest BCUT2D eigenvalue weighted by Crippen LogP contribution is 2.29. The quantitative estimate of drug-likeness (QED) is 0.377. The van der Waals surface area contributed by atoms with Gasteiger partial charge in [-0.25, -0.2) is 0 Å². The maximum atomic E-state index is 12.6. The van der Waals surface area contributed by atoms with Crippen molar-refractivity contribution in [3.8, 4) is 0 Å². The second-order valence-corrected chi connectivity index (χ2v) is 5.64. The zero-order valence-electron chi connectivity index (χ0n) is 13.0. The first kappa shape index (κ1) is 17.6. The van der Waals surface area contributed by atoms with E-state index in [-0.39, 0.29) is 11.4 Å². The molecule has 23 heavy (non-hydrogen) atoms. The second-order valence-electron chi connectivity index (χ2n) is 5.64. The molecule has 2 rings (SSSR count). The highest BCUT2D eigenvalue weighted by atomic mass is 19.4. The van der Waals surface area contributed by atoms with Crippen molar-refractivity contribution in [2.24, 2.45) is 10.9 Å². The molecule has 1 aromatic rings. The summed E-state index contributed by atoms with van der Waals surface area (Å²) in [4.78, 5) is 7.50. The van der Waals surface area contributed by atoms with Crippen molar-refractivity contribution in [3.63, 3.8) is 0 Å². The highest BCUT2D eigenvalue weighted by molar-refractivity contribution is 5.97. The van der Waals surface area contributed by atoms with Crippen LogP contribution >= 0.6 is 0 Å². The van der Waals surface area contributed by atoms with Gasteiger partial charge in [-0.3, -0.25) is 0 Å². The fourth-order valence-corrected chi connectivity index (χ4v) is 2.56. The molecule has 1 saturated heterocycles. The summed E-state index contributed by atoms with van der Waals surface area (Å²) < 4.78 is 37.9. The molecule has 0 radical (unpaired) electrons. The first-order valence-electron chi connectivity index (χ1n) is 7.82. The predicted molar refractivity (Wildman–Crippen MR) is 83.0 cm³/mol. The van der Waals surface area contributed by atoms with Gasteiger partial charge in [0.05, 0.1) is 5.56 Å². The van der Waals surface area contributed by atoms with Gasteiger partial charge in [-0.15, -0.1) is 0 Å². The summed E-state index contributed by atoms with van der Waals surface area (Å²) in [5.41, 5.74) is 5.13. The highest BCUT2D eigenvalue weighted by Gasteiger charge is 2.30. The van der Waals surface area contributed by atoms with E-state index in [9.17, 15) is 13.2 Å². The van der Waals surface area contributed by atoms with Crippen LogP contribution in [0.1, 0.15) is 36.8 Å². The molecule has 0 unspecified atom stereocenters. The van der Waals surface area contributed by atoms with Gasteiger partial charge in [0.1, 0.15) is 6.61 Å². The summed E-state index contributed by atoms with van der Waals surface area (Å²) in [5, 5.41) is 3.71. The van der Waals surface area contributed by atoms with Crippen molar-refractivity contribution in [2.45, 2.75) is 31.9 Å². The number of nitrogens with zero attached hydrogens (tertiary/aromatic N) is 2. The number of halogens is 3. The minimum absolute atomic E-state index is 0.0472. The molecule has 1 heterocycles. The SMILES string of the molecule is NC(=NOCCCN1CCCCC1)c1cccc(C(F)(F)F)c1. The Morgan fingerprint density at radius 1 is 1.22 bits per heavy atom. The molecule has 1 aliphatic rings. The van der Waals surface area contributed by atoms with Crippen molar-refractivity contribution in [1.29, 1.82) is 0 Å². The van der Waals surface area contributed by atoms with Crippen LogP contribution < -0.4 is 5.73 Å². The minimum atomic E-state index is -4.40. The summed E-state index contributed by atoms with van der Waals surface area (Å²) in [7, 11) is 0. The van der Waals surface area contributed by atoms with Crippen LogP contribution in [0, 0.1) is 0 Å². The third-order valence-corrected chi connectivity index (χ3v) is 3.81. The Balaban J connectivity index is 1.78. The van der Waals surface area contributed by atoms with E-state index in [0.717, 1.165) is 38.2 Å². The lowest BCUT2D eigenvalue weighted by atomic mass is 10.1. The molecule has 0 bridgehead atoms. The Kier molecular flexibility index (Phi) is 6.27. The van der Waals surface area contributed by atoms with Gasteiger partial charge < -0.3 is 15.5 Å². The Bertz CT molecular complexity index is 526. The van der Waals surface area contributed by atoms with Crippen LogP contribution in [0.15, 0.2) is 29.4 Å². The number of alkyl halides is 3. The molecule has 1 fully saturated rings. The van der Waals surface area contributed by atoms with Gasteiger partial charge in [0.25, 0.3) is 0 Å². The van der Waals surface area contributed by atoms with E-state index < -0.39 is 11.7 Å². The monoisotopic (exact) mass is 329 g/mol. The molecule has 7 heteroatoms. The lowest BCUT2D eigenvalue weighted by molar-refractivity contribution is -0.137. The molecule has 0 atom stereocenters. The maximum Gasteiger partial charge on any atom is 0.416 e. The van der Waals surface area contributed by atoms with Crippen LogP contribution in [-0.2, 0) is 11.0 Å². The average molecular weight is 329 g/mol. The van der Waals surface area contributed by atoms with Crippen molar-refractivity contribution in [3.05, 3.63) is 35.4 Å². The molecule has 1 aromatic carbocycles. The summed E-state index contributed by atoms with van der Waals surface area (Å²) in [5.74, 6) is -0.0472. The van der Waals surface area contributed by atoms with E-state index in [0.29, 0.717) is 6.61 Å². The van der Waals surface area contributed by atoms with Crippen LogP contribution in [0.5, 0.6) is 0 Å². The lowest BCUT2D eigenvalue weighted by Gasteiger charge is -2.25. The van der Waals surface area contributed by atoms with Gasteiger partial charge in [-0.1, -0.05) is 23.7 Å². The molecule has 0 amide bonds. The van der Waals surface area contributed by atoms with Crippen molar-refractivity contribution >= 4 is 5.84 Å². The molecule has 0 aromatic heterocycles. The number of piperidine rings is 1.